The molecule has 0 saturated carbocycles. The lowest BCUT2D eigenvalue weighted by Gasteiger charge is -2.04. The summed E-state index contributed by atoms with van der Waals surface area (Å²) >= 11 is 0. The van der Waals surface area contributed by atoms with Gasteiger partial charge in [-0.1, -0.05) is 141 Å². The van der Waals surface area contributed by atoms with Crippen LogP contribution in [0.25, 0.3) is 0 Å². The SMILES string of the molecule is C=COC(=O)CCCCCCCCCCCCCCCCCCCCCCCCCC(=O)O. The van der Waals surface area contributed by atoms with Crippen molar-refractivity contribution in [3.05, 3.63) is 12.8 Å². The molecule has 0 radical (unpaired) electrons. The molecule has 0 amide bonds. The monoisotopic (exact) mass is 466 g/mol. The average molecular weight is 467 g/mol. The molecule has 0 bridgehead atoms. The normalized spacial score (nSPS) is 10.9. The van der Waals surface area contributed by atoms with Crippen molar-refractivity contribution in [1.29, 1.82) is 0 Å². The second-order valence-electron chi connectivity index (χ2n) is 9.68. The molecule has 0 rings (SSSR count). The van der Waals surface area contributed by atoms with Crippen molar-refractivity contribution in [2.75, 3.05) is 0 Å². The summed E-state index contributed by atoms with van der Waals surface area (Å²) in [5.41, 5.74) is 0. The fraction of sp³-hybridized carbons (Fsp3) is 0.862. The number of esters is 1. The molecule has 4 heteroatoms. The molecule has 0 heterocycles. The zero-order valence-corrected chi connectivity index (χ0v) is 21.6. The standard InChI is InChI=1S/C29H54O4/c1-2-33-29(32)27-25-23-21-19-17-15-13-11-9-7-5-3-4-6-8-10-12-14-16-18-20-22-24-26-28(30)31/h2H,1,3-27H2,(H,30,31). The second kappa shape index (κ2) is 26.9. The lowest BCUT2D eigenvalue weighted by atomic mass is 10.0. The number of rotatable bonds is 27. The summed E-state index contributed by atoms with van der Waals surface area (Å²) in [6, 6.07) is 0. The Labute approximate surface area is 204 Å². The van der Waals surface area contributed by atoms with Crippen molar-refractivity contribution in [1.82, 2.24) is 0 Å². The number of carboxylic acids is 1. The van der Waals surface area contributed by atoms with Crippen LogP contribution in [-0.2, 0) is 14.3 Å². The third kappa shape index (κ3) is 28.6. The average Bonchev–Trinajstić information content (AvgIpc) is 2.79. The van der Waals surface area contributed by atoms with Gasteiger partial charge in [0, 0.05) is 12.8 Å². The van der Waals surface area contributed by atoms with Crippen molar-refractivity contribution in [2.24, 2.45) is 0 Å². The molecule has 33 heavy (non-hydrogen) atoms. The van der Waals surface area contributed by atoms with Gasteiger partial charge in [0.1, 0.15) is 0 Å². The van der Waals surface area contributed by atoms with E-state index >= 15 is 0 Å². The number of ether oxygens (including phenoxy) is 1. The zero-order valence-electron chi connectivity index (χ0n) is 21.6. The Bertz CT molecular complexity index is 447. The minimum absolute atomic E-state index is 0.156. The molecule has 1 N–H and O–H groups in total. The van der Waals surface area contributed by atoms with E-state index in [2.05, 4.69) is 6.58 Å². The van der Waals surface area contributed by atoms with Crippen molar-refractivity contribution >= 4 is 11.9 Å². The third-order valence-electron chi connectivity index (χ3n) is 6.49. The minimum atomic E-state index is -0.660. The van der Waals surface area contributed by atoms with Gasteiger partial charge in [0.2, 0.25) is 0 Å². The van der Waals surface area contributed by atoms with Crippen LogP contribution in [0.5, 0.6) is 0 Å². The van der Waals surface area contributed by atoms with Gasteiger partial charge < -0.3 is 9.84 Å². The van der Waals surface area contributed by atoms with Gasteiger partial charge in [-0.05, 0) is 12.8 Å². The van der Waals surface area contributed by atoms with Crippen molar-refractivity contribution in [2.45, 2.75) is 161 Å². The minimum Gasteiger partial charge on any atom is -0.481 e. The maximum absolute atomic E-state index is 11.2. The van der Waals surface area contributed by atoms with Gasteiger partial charge in [-0.3, -0.25) is 9.59 Å². The first-order valence-corrected chi connectivity index (χ1v) is 14.2. The molecule has 0 aliphatic carbocycles. The van der Waals surface area contributed by atoms with Crippen LogP contribution < -0.4 is 0 Å². The Kier molecular flexibility index (Phi) is 25.9. The highest BCUT2D eigenvalue weighted by atomic mass is 16.5. The van der Waals surface area contributed by atoms with Gasteiger partial charge in [0.15, 0.2) is 0 Å². The number of aliphatic carboxylic acids is 1. The molecule has 0 aromatic heterocycles. The van der Waals surface area contributed by atoms with Gasteiger partial charge in [-0.25, -0.2) is 0 Å². The first-order chi connectivity index (χ1) is 16.2. The van der Waals surface area contributed by atoms with E-state index in [0.717, 1.165) is 25.7 Å². The molecule has 4 nitrogen and oxygen atoms in total. The van der Waals surface area contributed by atoms with E-state index in [1.54, 1.807) is 0 Å². The fourth-order valence-corrected chi connectivity index (χ4v) is 4.41. The number of carboxylic acid groups (broad SMARTS) is 1. The number of carbonyl (C=O) groups is 2. The number of unbranched alkanes of at least 4 members (excludes halogenated alkanes) is 22. The van der Waals surface area contributed by atoms with E-state index in [4.69, 9.17) is 9.84 Å². The second-order valence-corrected chi connectivity index (χ2v) is 9.68. The lowest BCUT2D eigenvalue weighted by Crippen LogP contribution is -1.98. The van der Waals surface area contributed by atoms with Gasteiger partial charge >= 0.3 is 11.9 Å². The molecule has 194 valence electrons. The van der Waals surface area contributed by atoms with Crippen molar-refractivity contribution in [3.8, 4) is 0 Å². The Morgan fingerprint density at radius 1 is 0.485 bits per heavy atom. The third-order valence-corrected chi connectivity index (χ3v) is 6.49. The highest BCUT2D eigenvalue weighted by Crippen LogP contribution is 2.15. The molecule has 0 fully saturated rings. The Balaban J connectivity index is 3.06. The highest BCUT2D eigenvalue weighted by molar-refractivity contribution is 5.69. The van der Waals surface area contributed by atoms with E-state index in [1.807, 2.05) is 0 Å². The van der Waals surface area contributed by atoms with Crippen LogP contribution in [0.4, 0.5) is 0 Å². The van der Waals surface area contributed by atoms with Crippen molar-refractivity contribution in [3.63, 3.8) is 0 Å². The fourth-order valence-electron chi connectivity index (χ4n) is 4.41. The molecule has 0 aromatic rings. The summed E-state index contributed by atoms with van der Waals surface area (Å²) in [4.78, 5) is 21.6. The van der Waals surface area contributed by atoms with E-state index < -0.39 is 5.97 Å². The zero-order chi connectivity index (χ0) is 24.2. The van der Waals surface area contributed by atoms with Gasteiger partial charge in [0.25, 0.3) is 0 Å². The lowest BCUT2D eigenvalue weighted by molar-refractivity contribution is -0.138. The van der Waals surface area contributed by atoms with Crippen LogP contribution in [0.2, 0.25) is 0 Å². The first kappa shape index (κ1) is 31.7. The largest absolute Gasteiger partial charge is 0.481 e. The molecule has 0 saturated heterocycles. The van der Waals surface area contributed by atoms with Gasteiger partial charge in [-0.15, -0.1) is 0 Å². The smallest absolute Gasteiger partial charge is 0.310 e. The van der Waals surface area contributed by atoms with E-state index in [-0.39, 0.29) is 5.97 Å². The number of hydrogen-bond donors (Lipinski definition) is 1. The highest BCUT2D eigenvalue weighted by Gasteiger charge is 2.00. The molecule has 0 aliphatic heterocycles. The predicted molar refractivity (Wildman–Crippen MR) is 139 cm³/mol. The quantitative estimate of drug-likeness (QED) is 0.0743. The Morgan fingerprint density at radius 2 is 0.727 bits per heavy atom. The van der Waals surface area contributed by atoms with E-state index in [0.29, 0.717) is 12.8 Å². The molecular formula is C29H54O4. The maximum Gasteiger partial charge on any atom is 0.310 e. The van der Waals surface area contributed by atoms with Crippen LogP contribution in [-0.4, -0.2) is 17.0 Å². The topological polar surface area (TPSA) is 63.6 Å². The predicted octanol–water partition coefficient (Wildman–Crippen LogP) is 9.51. The molecule has 0 spiro atoms. The maximum atomic E-state index is 11.2. The summed E-state index contributed by atoms with van der Waals surface area (Å²) in [6.45, 7) is 3.39. The summed E-state index contributed by atoms with van der Waals surface area (Å²) < 4.78 is 4.71. The molecule has 0 aromatic carbocycles. The van der Waals surface area contributed by atoms with Crippen LogP contribution >= 0.6 is 0 Å². The summed E-state index contributed by atoms with van der Waals surface area (Å²) in [7, 11) is 0. The Morgan fingerprint density at radius 3 is 0.970 bits per heavy atom. The first-order valence-electron chi connectivity index (χ1n) is 14.2. The molecular weight excluding hydrogens is 412 g/mol. The van der Waals surface area contributed by atoms with Crippen LogP contribution in [0.1, 0.15) is 161 Å². The molecule has 0 aliphatic rings. The molecule has 0 unspecified atom stereocenters. The van der Waals surface area contributed by atoms with E-state index in [9.17, 15) is 9.59 Å². The summed E-state index contributed by atoms with van der Waals surface area (Å²) in [5, 5.41) is 8.60. The Hall–Kier alpha value is -1.32. The van der Waals surface area contributed by atoms with Crippen LogP contribution in [0.3, 0.4) is 0 Å². The van der Waals surface area contributed by atoms with Crippen LogP contribution in [0.15, 0.2) is 12.8 Å². The van der Waals surface area contributed by atoms with Crippen molar-refractivity contribution < 1.29 is 19.4 Å². The summed E-state index contributed by atoms with van der Waals surface area (Å²) in [5.74, 6) is -0.816. The van der Waals surface area contributed by atoms with Gasteiger partial charge in [-0.2, -0.15) is 0 Å². The van der Waals surface area contributed by atoms with E-state index in [1.165, 1.54) is 128 Å². The van der Waals surface area contributed by atoms with Gasteiger partial charge in [0.05, 0.1) is 6.26 Å². The molecule has 0 atom stereocenters. The number of hydrogen-bond acceptors (Lipinski definition) is 3. The number of carbonyl (C=O) groups excluding carboxylic acids is 1. The van der Waals surface area contributed by atoms with Crippen LogP contribution in [0, 0.1) is 0 Å². The summed E-state index contributed by atoms with van der Waals surface area (Å²) in [6.07, 6.45) is 31.8.